The molecule has 0 saturated carbocycles. The molecule has 30 heavy (non-hydrogen) atoms. The largest absolute Gasteiger partial charge is 0.550 e. The van der Waals surface area contributed by atoms with E-state index < -0.39 is 17.9 Å². The van der Waals surface area contributed by atoms with Crippen molar-refractivity contribution >= 4 is 17.9 Å². The van der Waals surface area contributed by atoms with E-state index in [1.807, 2.05) is 0 Å². The average Bonchev–Trinajstić information content (AvgIpc) is 2.69. The molecule has 0 aliphatic heterocycles. The normalized spacial score (nSPS) is 11.8. The Morgan fingerprint density at radius 1 is 0.700 bits per heavy atom. The van der Waals surface area contributed by atoms with Crippen LogP contribution in [0, 0.1) is 0 Å². The van der Waals surface area contributed by atoms with Gasteiger partial charge in [0.05, 0.1) is 39.0 Å². The van der Waals surface area contributed by atoms with Gasteiger partial charge in [-0.2, -0.15) is 0 Å². The van der Waals surface area contributed by atoms with Crippen LogP contribution < -0.4 is 5.11 Å². The zero-order valence-electron chi connectivity index (χ0n) is 18.7. The van der Waals surface area contributed by atoms with E-state index in [9.17, 15) is 19.5 Å². The third-order valence-corrected chi connectivity index (χ3v) is 5.53. The number of rotatable bonds is 21. The molecular weight excluding hydrogens is 386 g/mol. The first-order chi connectivity index (χ1) is 14.3. The van der Waals surface area contributed by atoms with Crippen LogP contribution in [0.1, 0.15) is 90.4 Å². The molecule has 0 unspecified atom stereocenters. The first kappa shape index (κ1) is 28.1. The number of allylic oxidation sites excluding steroid dienone is 2. The monoisotopic (exact) mass is 427 g/mol. The summed E-state index contributed by atoms with van der Waals surface area (Å²) in [6.45, 7) is 3.51. The predicted molar refractivity (Wildman–Crippen MR) is 115 cm³/mol. The van der Waals surface area contributed by atoms with E-state index in [1.54, 1.807) is 0 Å². The Labute approximate surface area is 181 Å². The van der Waals surface area contributed by atoms with Crippen molar-refractivity contribution in [3.8, 4) is 0 Å². The van der Waals surface area contributed by atoms with Crippen molar-refractivity contribution in [2.45, 2.75) is 90.4 Å². The fourth-order valence-corrected chi connectivity index (χ4v) is 3.65. The van der Waals surface area contributed by atoms with Gasteiger partial charge < -0.3 is 24.6 Å². The number of carbonyl (C=O) groups is 3. The molecule has 2 N–H and O–H groups in total. The average molecular weight is 428 g/mol. The molecule has 0 radical (unpaired) electrons. The number of hydrogen-bond donors (Lipinski definition) is 2. The molecule has 0 aromatic rings. The van der Waals surface area contributed by atoms with Gasteiger partial charge in [-0.3, -0.25) is 9.59 Å². The fraction of sp³-hybridized carbons (Fsp3) is 0.783. The molecular formula is C23H41NO6. The Bertz CT molecular complexity index is 472. The van der Waals surface area contributed by atoms with Crippen LogP contribution in [0.25, 0.3) is 0 Å². The van der Waals surface area contributed by atoms with Gasteiger partial charge in [0, 0.05) is 12.4 Å². The van der Waals surface area contributed by atoms with Crippen molar-refractivity contribution in [3.05, 3.63) is 12.2 Å². The van der Waals surface area contributed by atoms with Crippen LogP contribution in [-0.2, 0) is 14.4 Å². The van der Waals surface area contributed by atoms with Gasteiger partial charge in [-0.1, -0.05) is 44.8 Å². The van der Waals surface area contributed by atoms with Gasteiger partial charge in [0.1, 0.15) is 0 Å². The maximum absolute atomic E-state index is 11.0. The number of unbranched alkanes of at least 4 members (excludes halogenated alkanes) is 8. The first-order valence-corrected chi connectivity index (χ1v) is 11.4. The molecule has 0 heterocycles. The third kappa shape index (κ3) is 17.0. The fourth-order valence-electron chi connectivity index (χ4n) is 3.65. The lowest BCUT2D eigenvalue weighted by Gasteiger charge is -2.38. The maximum atomic E-state index is 11.0. The minimum Gasteiger partial charge on any atom is -0.550 e. The van der Waals surface area contributed by atoms with E-state index in [-0.39, 0.29) is 43.4 Å². The minimum absolute atomic E-state index is 0.101. The summed E-state index contributed by atoms with van der Waals surface area (Å²) in [6, 6.07) is 0. The van der Waals surface area contributed by atoms with Crippen molar-refractivity contribution in [3.63, 3.8) is 0 Å². The summed E-state index contributed by atoms with van der Waals surface area (Å²) in [4.78, 5) is 33.0. The lowest BCUT2D eigenvalue weighted by molar-refractivity contribution is -0.927. The van der Waals surface area contributed by atoms with Gasteiger partial charge >= 0.3 is 11.9 Å². The maximum Gasteiger partial charge on any atom is 0.309 e. The first-order valence-electron chi connectivity index (χ1n) is 11.4. The van der Waals surface area contributed by atoms with Crippen LogP contribution in [0.15, 0.2) is 12.2 Å². The van der Waals surface area contributed by atoms with Gasteiger partial charge in [0.25, 0.3) is 0 Å². The molecule has 0 atom stereocenters. The molecule has 0 aromatic heterocycles. The summed E-state index contributed by atoms with van der Waals surface area (Å²) < 4.78 is 0.213. The van der Waals surface area contributed by atoms with Crippen LogP contribution in [0.3, 0.4) is 0 Å². The highest BCUT2D eigenvalue weighted by molar-refractivity contribution is 5.67. The second kappa shape index (κ2) is 17.9. The van der Waals surface area contributed by atoms with Crippen LogP contribution in [0.5, 0.6) is 0 Å². The summed E-state index contributed by atoms with van der Waals surface area (Å²) >= 11 is 0. The van der Waals surface area contributed by atoms with E-state index in [1.165, 1.54) is 25.7 Å². The number of quaternary nitrogens is 1. The van der Waals surface area contributed by atoms with E-state index >= 15 is 0 Å². The quantitative estimate of drug-likeness (QED) is 0.165. The van der Waals surface area contributed by atoms with E-state index in [0.29, 0.717) is 6.54 Å². The highest BCUT2D eigenvalue weighted by atomic mass is 16.4. The minimum atomic E-state index is -1.19. The SMILES string of the molecule is CCCCCC/C=C/CCCCCC[N+](CCC(=O)[O-])(CCC(=O)O)CCC(=O)O. The van der Waals surface area contributed by atoms with Gasteiger partial charge in [0.2, 0.25) is 0 Å². The van der Waals surface area contributed by atoms with Gasteiger partial charge in [0.15, 0.2) is 0 Å². The molecule has 0 aromatic carbocycles. The number of nitrogens with zero attached hydrogens (tertiary/aromatic N) is 1. The molecule has 174 valence electrons. The summed E-state index contributed by atoms with van der Waals surface area (Å²) in [7, 11) is 0. The van der Waals surface area contributed by atoms with Crippen LogP contribution in [-0.4, -0.2) is 58.8 Å². The van der Waals surface area contributed by atoms with Crippen molar-refractivity contribution in [1.82, 2.24) is 0 Å². The third-order valence-electron chi connectivity index (χ3n) is 5.53. The van der Waals surface area contributed by atoms with E-state index in [0.717, 1.165) is 38.5 Å². The lowest BCUT2D eigenvalue weighted by Crippen LogP contribution is -2.53. The molecule has 7 heteroatoms. The number of carboxylic acid groups (broad SMARTS) is 3. The molecule has 0 rings (SSSR count). The van der Waals surface area contributed by atoms with Crippen molar-refractivity contribution in [2.24, 2.45) is 0 Å². The second-order valence-electron chi connectivity index (χ2n) is 8.17. The van der Waals surface area contributed by atoms with E-state index in [2.05, 4.69) is 19.1 Å². The summed E-state index contributed by atoms with van der Waals surface area (Å²) in [6.07, 6.45) is 15.3. The Hall–Kier alpha value is -1.89. The number of carbonyl (C=O) groups excluding carboxylic acids is 1. The van der Waals surface area contributed by atoms with Gasteiger partial charge in [-0.25, -0.2) is 0 Å². The molecule has 0 bridgehead atoms. The zero-order chi connectivity index (χ0) is 22.7. The van der Waals surface area contributed by atoms with Gasteiger partial charge in [-0.15, -0.1) is 0 Å². The van der Waals surface area contributed by atoms with Crippen LogP contribution in [0.4, 0.5) is 0 Å². The zero-order valence-corrected chi connectivity index (χ0v) is 18.7. The molecule has 0 saturated heterocycles. The number of aliphatic carboxylic acids is 3. The van der Waals surface area contributed by atoms with Crippen molar-refractivity contribution < 1.29 is 34.2 Å². The number of hydrogen-bond acceptors (Lipinski definition) is 4. The highest BCUT2D eigenvalue weighted by Gasteiger charge is 2.28. The number of carboxylic acids is 3. The summed E-state index contributed by atoms with van der Waals surface area (Å²) in [5.74, 6) is -3.10. The molecule has 0 aliphatic carbocycles. The lowest BCUT2D eigenvalue weighted by atomic mass is 10.1. The molecule has 0 fully saturated rings. The molecule has 0 amide bonds. The van der Waals surface area contributed by atoms with Gasteiger partial charge in [-0.05, 0) is 38.5 Å². The Balaban J connectivity index is 4.39. The highest BCUT2D eigenvalue weighted by Crippen LogP contribution is 2.16. The molecule has 0 spiro atoms. The van der Waals surface area contributed by atoms with Crippen LogP contribution in [0.2, 0.25) is 0 Å². The second-order valence-corrected chi connectivity index (χ2v) is 8.17. The Morgan fingerprint density at radius 2 is 1.17 bits per heavy atom. The topological polar surface area (TPSA) is 115 Å². The van der Waals surface area contributed by atoms with Crippen molar-refractivity contribution in [2.75, 3.05) is 26.2 Å². The predicted octanol–water partition coefficient (Wildman–Crippen LogP) is 3.37. The summed E-state index contributed by atoms with van der Waals surface area (Å²) in [5, 5.41) is 29.0. The smallest absolute Gasteiger partial charge is 0.309 e. The molecule has 0 aliphatic rings. The van der Waals surface area contributed by atoms with Crippen LogP contribution >= 0.6 is 0 Å². The van der Waals surface area contributed by atoms with Crippen molar-refractivity contribution in [1.29, 1.82) is 0 Å². The molecule has 7 nitrogen and oxygen atoms in total. The van der Waals surface area contributed by atoms with E-state index in [4.69, 9.17) is 10.2 Å². The Kier molecular flexibility index (Phi) is 16.8. The summed E-state index contributed by atoms with van der Waals surface area (Å²) in [5.41, 5.74) is 0. The Morgan fingerprint density at radius 3 is 1.63 bits per heavy atom. The standard InChI is InChI=1S/C23H41NO6/c1-2-3-4-5-6-7-8-9-10-11-12-13-17-24(18-14-21(25)26,19-15-22(27)28)20-16-23(29)30/h7-8H,2-6,9-20H2,1H3,(H2-,25,26,27,28,29,30)/b8-7+.